The number of benzene rings is 3. The van der Waals surface area contributed by atoms with Crippen molar-refractivity contribution in [2.45, 2.75) is 30.3 Å². The van der Waals surface area contributed by atoms with Gasteiger partial charge in [-0.05, 0) is 49.2 Å². The zero-order valence-corrected chi connectivity index (χ0v) is 19.8. The van der Waals surface area contributed by atoms with E-state index in [1.807, 2.05) is 97.4 Å². The Bertz CT molecular complexity index is 1290. The molecule has 0 fully saturated rings. The molecule has 8 heteroatoms. The number of hydrogen-bond donors (Lipinski definition) is 2. The van der Waals surface area contributed by atoms with E-state index in [9.17, 15) is 4.79 Å². The Morgan fingerprint density at radius 2 is 1.85 bits per heavy atom. The molecule has 2 heterocycles. The largest absolute Gasteiger partial charge is 0.494 e. The third kappa shape index (κ3) is 4.49. The lowest BCUT2D eigenvalue weighted by Gasteiger charge is -2.33. The molecule has 5 rings (SSSR count). The van der Waals surface area contributed by atoms with Gasteiger partial charge in [-0.3, -0.25) is 4.79 Å². The molecule has 172 valence electrons. The van der Waals surface area contributed by atoms with Crippen molar-refractivity contribution in [2.75, 3.05) is 17.3 Å². The molecule has 0 radical (unpaired) electrons. The van der Waals surface area contributed by atoms with Crippen LogP contribution in [0, 0.1) is 6.92 Å². The summed E-state index contributed by atoms with van der Waals surface area (Å²) in [5, 5.41) is 12.0. The second-order valence-corrected chi connectivity index (χ2v) is 9.12. The first-order valence-corrected chi connectivity index (χ1v) is 12.0. The second kappa shape index (κ2) is 9.61. The van der Waals surface area contributed by atoms with Crippen molar-refractivity contribution in [2.24, 2.45) is 0 Å². The Hall–Kier alpha value is -3.78. The van der Waals surface area contributed by atoms with Crippen LogP contribution in [0.2, 0.25) is 0 Å². The quantitative estimate of drug-likeness (QED) is 0.410. The highest BCUT2D eigenvalue weighted by Crippen LogP contribution is 2.39. The van der Waals surface area contributed by atoms with Gasteiger partial charge in [0.15, 0.2) is 5.82 Å². The number of anilines is 1. The van der Waals surface area contributed by atoms with E-state index >= 15 is 0 Å². The number of rotatable bonds is 6. The Morgan fingerprint density at radius 3 is 2.59 bits per heavy atom. The van der Waals surface area contributed by atoms with E-state index in [1.54, 1.807) is 0 Å². The highest BCUT2D eigenvalue weighted by atomic mass is 32.2. The smallest absolute Gasteiger partial charge is 0.240 e. The number of carbonyl (C=O) groups excluding carboxylic acids is 1. The molecule has 1 aromatic heterocycles. The summed E-state index contributed by atoms with van der Waals surface area (Å²) in [7, 11) is 0. The lowest BCUT2D eigenvalue weighted by Crippen LogP contribution is -2.41. The molecule has 1 aliphatic rings. The predicted molar refractivity (Wildman–Crippen MR) is 135 cm³/mol. The lowest BCUT2D eigenvalue weighted by atomic mass is 10.0. The summed E-state index contributed by atoms with van der Waals surface area (Å²) in [6.45, 7) is 4.56. The molecular weight excluding hydrogens is 446 g/mol. The Balaban J connectivity index is 1.50. The van der Waals surface area contributed by atoms with Crippen LogP contribution in [0.4, 0.5) is 5.69 Å². The van der Waals surface area contributed by atoms with Gasteiger partial charge in [-0.2, -0.15) is 0 Å². The van der Waals surface area contributed by atoms with Gasteiger partial charge in [0.2, 0.25) is 11.1 Å². The molecule has 1 amide bonds. The van der Waals surface area contributed by atoms with Crippen molar-refractivity contribution in [1.29, 1.82) is 0 Å². The molecule has 0 saturated heterocycles. The van der Waals surface area contributed by atoms with E-state index in [2.05, 4.69) is 20.9 Å². The average molecular weight is 472 g/mol. The molecule has 3 aromatic carbocycles. The van der Waals surface area contributed by atoms with Gasteiger partial charge in [-0.25, -0.2) is 4.68 Å². The first-order valence-electron chi connectivity index (χ1n) is 11.2. The number of thioether (sulfide) groups is 1. The zero-order valence-electron chi connectivity index (χ0n) is 18.9. The van der Waals surface area contributed by atoms with Crippen LogP contribution >= 0.6 is 11.8 Å². The van der Waals surface area contributed by atoms with E-state index in [1.165, 1.54) is 11.8 Å². The normalized spacial score (nSPS) is 16.9. The van der Waals surface area contributed by atoms with E-state index in [4.69, 9.17) is 4.74 Å². The summed E-state index contributed by atoms with van der Waals surface area (Å²) in [6.07, 6.45) is 0. The molecular formula is C26H25N5O2S. The van der Waals surface area contributed by atoms with Gasteiger partial charge < -0.3 is 15.5 Å². The molecule has 4 aromatic rings. The van der Waals surface area contributed by atoms with Crippen molar-refractivity contribution >= 4 is 23.4 Å². The summed E-state index contributed by atoms with van der Waals surface area (Å²) in [6, 6.07) is 25.2. The van der Waals surface area contributed by atoms with Crippen LogP contribution in [-0.4, -0.2) is 32.6 Å². The fraction of sp³-hybridized carbons (Fsp3) is 0.192. The highest BCUT2D eigenvalue weighted by Gasteiger charge is 2.38. The van der Waals surface area contributed by atoms with Gasteiger partial charge in [0.1, 0.15) is 11.0 Å². The molecule has 0 saturated carbocycles. The van der Waals surface area contributed by atoms with Gasteiger partial charge in [-0.15, -0.1) is 10.2 Å². The predicted octanol–water partition coefficient (Wildman–Crippen LogP) is 5.05. The molecule has 0 unspecified atom stereocenters. The molecule has 34 heavy (non-hydrogen) atoms. The minimum atomic E-state index is -0.459. The molecule has 0 bridgehead atoms. The van der Waals surface area contributed by atoms with Crippen molar-refractivity contribution in [3.05, 3.63) is 90.0 Å². The van der Waals surface area contributed by atoms with Crippen molar-refractivity contribution in [3.8, 4) is 17.1 Å². The summed E-state index contributed by atoms with van der Waals surface area (Å²) in [4.78, 5) is 13.5. The Kier molecular flexibility index (Phi) is 6.22. The first kappa shape index (κ1) is 22.0. The number of carbonyl (C=O) groups is 1. The van der Waals surface area contributed by atoms with Gasteiger partial charge >= 0.3 is 0 Å². The number of fused-ring (bicyclic) bond motifs is 1. The van der Waals surface area contributed by atoms with Gasteiger partial charge in [0.05, 0.1) is 12.6 Å². The van der Waals surface area contributed by atoms with Crippen LogP contribution in [-0.2, 0) is 4.79 Å². The minimum absolute atomic E-state index is 0.0995. The minimum Gasteiger partial charge on any atom is -0.494 e. The first-order chi connectivity index (χ1) is 16.6. The third-order valence-corrected chi connectivity index (χ3v) is 6.78. The molecule has 2 N–H and O–H groups in total. The van der Waals surface area contributed by atoms with E-state index in [-0.39, 0.29) is 11.9 Å². The van der Waals surface area contributed by atoms with E-state index in [0.717, 1.165) is 28.1 Å². The van der Waals surface area contributed by atoms with Crippen molar-refractivity contribution < 1.29 is 9.53 Å². The van der Waals surface area contributed by atoms with Crippen LogP contribution in [0.3, 0.4) is 0 Å². The Morgan fingerprint density at radius 1 is 1.06 bits per heavy atom. The van der Waals surface area contributed by atoms with Crippen LogP contribution in [0.5, 0.6) is 5.75 Å². The zero-order chi connectivity index (χ0) is 23.5. The number of ether oxygens (including phenoxy) is 1. The standard InChI is InChI=1S/C26H25N5O2S/c1-3-33-21-14-12-18(13-15-21)22-23(25(32)27-20-11-7-8-17(2)16-20)34-26-29-28-24(31(26)30-22)19-9-5-4-6-10-19/h4-16,22-23,30H,3H2,1-2H3,(H,27,32)/t22-,23-/m0/s1. The number of aromatic nitrogens is 3. The van der Waals surface area contributed by atoms with Crippen molar-refractivity contribution in [1.82, 2.24) is 14.9 Å². The summed E-state index contributed by atoms with van der Waals surface area (Å²) < 4.78 is 7.48. The lowest BCUT2D eigenvalue weighted by molar-refractivity contribution is -0.116. The summed E-state index contributed by atoms with van der Waals surface area (Å²) in [5.41, 5.74) is 7.28. The highest BCUT2D eigenvalue weighted by molar-refractivity contribution is 8.00. The number of nitrogens with zero attached hydrogens (tertiary/aromatic N) is 3. The van der Waals surface area contributed by atoms with E-state index < -0.39 is 5.25 Å². The number of hydrogen-bond acceptors (Lipinski definition) is 6. The van der Waals surface area contributed by atoms with Gasteiger partial charge in [0, 0.05) is 11.3 Å². The maximum atomic E-state index is 13.5. The average Bonchev–Trinajstić information content (AvgIpc) is 3.27. The SMILES string of the molecule is CCOc1ccc([C@@H]2Nn3c(nnc3-c3ccccc3)S[C@@H]2C(=O)Nc2cccc(C)c2)cc1. The number of aryl methyl sites for hydroxylation is 1. The topological polar surface area (TPSA) is 81.1 Å². The third-order valence-electron chi connectivity index (χ3n) is 5.56. The Labute approximate surface area is 202 Å². The molecule has 0 spiro atoms. The summed E-state index contributed by atoms with van der Waals surface area (Å²) in [5.74, 6) is 1.40. The maximum Gasteiger partial charge on any atom is 0.240 e. The summed E-state index contributed by atoms with van der Waals surface area (Å²) >= 11 is 1.41. The van der Waals surface area contributed by atoms with Crippen LogP contribution in [0.1, 0.15) is 24.1 Å². The maximum absolute atomic E-state index is 13.5. The number of amides is 1. The molecule has 2 atom stereocenters. The fourth-order valence-corrected chi connectivity index (χ4v) is 5.03. The second-order valence-electron chi connectivity index (χ2n) is 8.01. The van der Waals surface area contributed by atoms with Gasteiger partial charge in [-0.1, -0.05) is 66.4 Å². The molecule has 0 aliphatic carbocycles. The van der Waals surface area contributed by atoms with E-state index in [0.29, 0.717) is 17.6 Å². The van der Waals surface area contributed by atoms with Crippen LogP contribution < -0.4 is 15.5 Å². The molecule has 7 nitrogen and oxygen atoms in total. The van der Waals surface area contributed by atoms with Crippen LogP contribution in [0.25, 0.3) is 11.4 Å². The monoisotopic (exact) mass is 471 g/mol. The van der Waals surface area contributed by atoms with Gasteiger partial charge in [0.25, 0.3) is 0 Å². The molecule has 1 aliphatic heterocycles. The van der Waals surface area contributed by atoms with Crippen LogP contribution in [0.15, 0.2) is 84.0 Å². The fourth-order valence-electron chi connectivity index (χ4n) is 3.95. The van der Waals surface area contributed by atoms with Crippen molar-refractivity contribution in [3.63, 3.8) is 0 Å². The number of nitrogens with one attached hydrogen (secondary N) is 2.